The highest BCUT2D eigenvalue weighted by Gasteiger charge is 2.27. The quantitative estimate of drug-likeness (QED) is 0.661. The van der Waals surface area contributed by atoms with Gasteiger partial charge in [-0.05, 0) is 62.2 Å². The van der Waals surface area contributed by atoms with Gasteiger partial charge in [0.2, 0.25) is 10.0 Å². The van der Waals surface area contributed by atoms with Gasteiger partial charge in [0, 0.05) is 13.1 Å². The Morgan fingerprint density at radius 3 is 2.29 bits per heavy atom. The van der Waals surface area contributed by atoms with Crippen molar-refractivity contribution >= 4 is 47.3 Å². The van der Waals surface area contributed by atoms with E-state index in [1.54, 1.807) is 18.2 Å². The summed E-state index contributed by atoms with van der Waals surface area (Å²) in [6.45, 7) is 2.90. The number of anilines is 1. The Kier molecular flexibility index (Phi) is 4.90. The van der Waals surface area contributed by atoms with E-state index in [0.29, 0.717) is 18.8 Å². The molecule has 7 nitrogen and oxygen atoms in total. The highest BCUT2D eigenvalue weighted by Crippen LogP contribution is 2.27. The van der Waals surface area contributed by atoms with Crippen molar-refractivity contribution in [3.63, 3.8) is 0 Å². The van der Waals surface area contributed by atoms with Gasteiger partial charge in [-0.15, -0.1) is 11.3 Å². The fourth-order valence-corrected chi connectivity index (χ4v) is 6.62. The second kappa shape index (κ2) is 7.11. The summed E-state index contributed by atoms with van der Waals surface area (Å²) >= 11 is 1.49. The van der Waals surface area contributed by atoms with Crippen molar-refractivity contribution in [1.29, 1.82) is 0 Å². The highest BCUT2D eigenvalue weighted by molar-refractivity contribution is 7.92. The molecule has 1 saturated heterocycles. The number of aromatic nitrogens is 1. The molecular weight excluding hydrogens is 418 g/mol. The van der Waals surface area contributed by atoms with Crippen LogP contribution in [0.15, 0.2) is 52.3 Å². The topological polar surface area (TPSA) is 96.4 Å². The molecule has 2 aromatic carbocycles. The molecule has 1 aromatic heterocycles. The Morgan fingerprint density at radius 2 is 1.61 bits per heavy atom. The second-order valence-corrected chi connectivity index (χ2v) is 11.5. The van der Waals surface area contributed by atoms with Gasteiger partial charge in [0.15, 0.2) is 0 Å². The predicted molar refractivity (Wildman–Crippen MR) is 110 cm³/mol. The molecule has 1 aliphatic heterocycles. The molecule has 4 rings (SSSR count). The molecule has 0 spiro atoms. The Hall–Kier alpha value is -2.01. The van der Waals surface area contributed by atoms with Crippen LogP contribution < -0.4 is 4.72 Å². The van der Waals surface area contributed by atoms with Crippen LogP contribution in [0, 0.1) is 6.92 Å². The summed E-state index contributed by atoms with van der Waals surface area (Å²) in [5.41, 5.74) is 1.26. The number of nitrogens with zero attached hydrogens (tertiary/aromatic N) is 2. The number of fused-ring (bicyclic) bond motifs is 1. The van der Waals surface area contributed by atoms with Crippen molar-refractivity contribution in [2.45, 2.75) is 29.6 Å². The van der Waals surface area contributed by atoms with Crippen LogP contribution >= 0.6 is 11.3 Å². The molecule has 0 bridgehead atoms. The molecule has 28 heavy (non-hydrogen) atoms. The lowest BCUT2D eigenvalue weighted by Gasteiger charge is -2.15. The lowest BCUT2D eigenvalue weighted by molar-refractivity contribution is 0.477. The summed E-state index contributed by atoms with van der Waals surface area (Å²) in [5, 5.41) is 0.907. The molecule has 0 radical (unpaired) electrons. The fourth-order valence-electron chi connectivity index (χ4n) is 3.19. The van der Waals surface area contributed by atoms with Crippen LogP contribution in [0.4, 0.5) is 5.69 Å². The van der Waals surface area contributed by atoms with E-state index in [0.717, 1.165) is 28.1 Å². The van der Waals surface area contributed by atoms with E-state index in [9.17, 15) is 16.8 Å². The van der Waals surface area contributed by atoms with Crippen LogP contribution in [0.3, 0.4) is 0 Å². The summed E-state index contributed by atoms with van der Waals surface area (Å²) < 4.78 is 55.4. The molecule has 3 aromatic rings. The maximum Gasteiger partial charge on any atom is 0.261 e. The molecule has 148 valence electrons. The number of thiazole rings is 1. The SMILES string of the molecule is Cc1nc2ccc(NS(=O)(=O)c3ccc(S(=O)(=O)N4CCCC4)cc3)cc2s1. The normalized spacial score (nSPS) is 15.9. The molecular formula is C18H19N3O4S3. The lowest BCUT2D eigenvalue weighted by Crippen LogP contribution is -2.27. The predicted octanol–water partition coefficient (Wildman–Crippen LogP) is 3.19. The summed E-state index contributed by atoms with van der Waals surface area (Å²) in [6, 6.07) is 10.5. The average Bonchev–Trinajstić information content (AvgIpc) is 3.30. The van der Waals surface area contributed by atoms with Crippen LogP contribution in [0.2, 0.25) is 0 Å². The third-order valence-corrected chi connectivity index (χ3v) is 8.83. The molecule has 0 unspecified atom stereocenters. The first kappa shape index (κ1) is 19.3. The number of sulfonamides is 2. The zero-order valence-electron chi connectivity index (χ0n) is 15.1. The van der Waals surface area contributed by atoms with E-state index in [1.165, 1.54) is 39.9 Å². The van der Waals surface area contributed by atoms with Crippen molar-refractivity contribution in [2.24, 2.45) is 0 Å². The number of hydrogen-bond acceptors (Lipinski definition) is 6. The molecule has 1 fully saturated rings. The van der Waals surface area contributed by atoms with Crippen molar-refractivity contribution < 1.29 is 16.8 Å². The van der Waals surface area contributed by atoms with Gasteiger partial charge in [-0.2, -0.15) is 4.31 Å². The van der Waals surface area contributed by atoms with Crippen molar-refractivity contribution in [2.75, 3.05) is 17.8 Å². The van der Waals surface area contributed by atoms with Gasteiger partial charge >= 0.3 is 0 Å². The number of benzene rings is 2. The summed E-state index contributed by atoms with van der Waals surface area (Å²) in [7, 11) is -7.40. The summed E-state index contributed by atoms with van der Waals surface area (Å²) in [6.07, 6.45) is 1.69. The number of nitrogens with one attached hydrogen (secondary N) is 1. The Balaban J connectivity index is 1.58. The van der Waals surface area contributed by atoms with Gasteiger partial charge in [0.1, 0.15) is 0 Å². The van der Waals surface area contributed by atoms with E-state index >= 15 is 0 Å². The Bertz CT molecular complexity index is 1230. The molecule has 1 N–H and O–H groups in total. The molecule has 0 saturated carbocycles. The largest absolute Gasteiger partial charge is 0.280 e. The lowest BCUT2D eigenvalue weighted by atomic mass is 10.3. The number of aryl methyl sites for hydroxylation is 1. The van der Waals surface area contributed by atoms with Crippen LogP contribution in [0.5, 0.6) is 0 Å². The zero-order chi connectivity index (χ0) is 19.9. The monoisotopic (exact) mass is 437 g/mol. The van der Waals surface area contributed by atoms with Crippen LogP contribution in [0.1, 0.15) is 17.8 Å². The van der Waals surface area contributed by atoms with Gasteiger partial charge in [-0.25, -0.2) is 21.8 Å². The molecule has 10 heteroatoms. The average molecular weight is 438 g/mol. The van der Waals surface area contributed by atoms with Crippen molar-refractivity contribution in [3.8, 4) is 0 Å². The standard InChI is InChI=1S/C18H19N3O4S3/c1-13-19-17-9-4-14(12-18(17)26-13)20-27(22,23)15-5-7-16(8-6-15)28(24,25)21-10-2-3-11-21/h4-9,12,20H,2-3,10-11H2,1H3. The van der Waals surface area contributed by atoms with Gasteiger partial charge < -0.3 is 0 Å². The van der Waals surface area contributed by atoms with Gasteiger partial charge in [0.25, 0.3) is 10.0 Å². The first-order valence-electron chi connectivity index (χ1n) is 8.76. The first-order chi connectivity index (χ1) is 13.3. The molecule has 0 atom stereocenters. The Labute approximate surface area is 168 Å². The summed E-state index contributed by atoms with van der Waals surface area (Å²) in [5.74, 6) is 0. The van der Waals surface area contributed by atoms with E-state index in [2.05, 4.69) is 9.71 Å². The van der Waals surface area contributed by atoms with Gasteiger partial charge in [-0.1, -0.05) is 0 Å². The maximum atomic E-state index is 12.7. The maximum absolute atomic E-state index is 12.7. The smallest absolute Gasteiger partial charge is 0.261 e. The molecule has 1 aliphatic rings. The minimum atomic E-state index is -3.83. The third kappa shape index (κ3) is 3.64. The van der Waals surface area contributed by atoms with Crippen molar-refractivity contribution in [3.05, 3.63) is 47.5 Å². The second-order valence-electron chi connectivity index (χ2n) is 6.60. The fraction of sp³-hybridized carbons (Fsp3) is 0.278. The molecule has 0 amide bonds. The van der Waals surface area contributed by atoms with Gasteiger partial charge in [0.05, 0.1) is 30.7 Å². The van der Waals surface area contributed by atoms with Crippen LogP contribution in [-0.4, -0.2) is 39.2 Å². The van der Waals surface area contributed by atoms with E-state index in [4.69, 9.17) is 0 Å². The highest BCUT2D eigenvalue weighted by atomic mass is 32.2. The van der Waals surface area contributed by atoms with E-state index in [-0.39, 0.29) is 9.79 Å². The van der Waals surface area contributed by atoms with Crippen molar-refractivity contribution in [1.82, 2.24) is 9.29 Å². The minimum Gasteiger partial charge on any atom is -0.280 e. The molecule has 2 heterocycles. The summed E-state index contributed by atoms with van der Waals surface area (Å²) in [4.78, 5) is 4.47. The first-order valence-corrected chi connectivity index (χ1v) is 12.5. The zero-order valence-corrected chi connectivity index (χ0v) is 17.6. The molecule has 0 aliphatic carbocycles. The Morgan fingerprint density at radius 1 is 0.964 bits per heavy atom. The van der Waals surface area contributed by atoms with Crippen LogP contribution in [-0.2, 0) is 20.0 Å². The third-order valence-electron chi connectivity index (χ3n) is 4.58. The minimum absolute atomic E-state index is 0.00783. The van der Waals surface area contributed by atoms with E-state index < -0.39 is 20.0 Å². The van der Waals surface area contributed by atoms with E-state index in [1.807, 2.05) is 6.92 Å². The van der Waals surface area contributed by atoms with Crippen LogP contribution in [0.25, 0.3) is 10.2 Å². The number of hydrogen-bond donors (Lipinski definition) is 1. The number of rotatable bonds is 5. The van der Waals surface area contributed by atoms with Gasteiger partial charge in [-0.3, -0.25) is 4.72 Å².